The van der Waals surface area contributed by atoms with Crippen molar-refractivity contribution in [1.82, 2.24) is 4.98 Å². The lowest BCUT2D eigenvalue weighted by atomic mass is 9.75. The van der Waals surface area contributed by atoms with Gasteiger partial charge >= 0.3 is 5.97 Å². The largest absolute Gasteiger partial charge is 0.473 e. The summed E-state index contributed by atoms with van der Waals surface area (Å²) in [6, 6.07) is 13.4. The minimum Gasteiger partial charge on any atom is -0.473 e. The first-order valence-corrected chi connectivity index (χ1v) is 14.7. The molecule has 6 nitrogen and oxygen atoms in total. The number of hydrogen-bond donors (Lipinski definition) is 0. The predicted molar refractivity (Wildman–Crippen MR) is 141 cm³/mol. The van der Waals surface area contributed by atoms with E-state index in [0.29, 0.717) is 52.0 Å². The molecule has 0 radical (unpaired) electrons. The van der Waals surface area contributed by atoms with Crippen LogP contribution in [0.15, 0.2) is 59.5 Å². The van der Waals surface area contributed by atoms with Crippen molar-refractivity contribution in [1.29, 1.82) is 0 Å². The van der Waals surface area contributed by atoms with Crippen molar-refractivity contribution in [3.63, 3.8) is 0 Å². The summed E-state index contributed by atoms with van der Waals surface area (Å²) in [4.78, 5) is 17.5. The summed E-state index contributed by atoms with van der Waals surface area (Å²) in [5.74, 6) is -1.66. The first-order valence-electron chi connectivity index (χ1n) is 12.4. The first kappa shape index (κ1) is 26.9. The summed E-state index contributed by atoms with van der Waals surface area (Å²) >= 11 is 12.5. The van der Waals surface area contributed by atoms with E-state index in [1.807, 2.05) is 0 Å². The molecule has 3 unspecified atom stereocenters. The number of benzene rings is 2. The highest BCUT2D eigenvalue weighted by molar-refractivity contribution is 7.92. The number of esters is 1. The van der Waals surface area contributed by atoms with E-state index < -0.39 is 32.2 Å². The van der Waals surface area contributed by atoms with Crippen molar-refractivity contribution in [3.8, 4) is 5.88 Å². The van der Waals surface area contributed by atoms with Gasteiger partial charge in [-0.2, -0.15) is 0 Å². The number of pyridine rings is 1. The fraction of sp³-hybridized carbons (Fsp3) is 0.357. The number of ether oxygens (including phenoxy) is 2. The van der Waals surface area contributed by atoms with Crippen LogP contribution in [-0.2, 0) is 37.1 Å². The molecule has 1 aromatic heterocycles. The third-order valence-corrected chi connectivity index (χ3v) is 10.9. The zero-order chi connectivity index (χ0) is 27.1. The van der Waals surface area contributed by atoms with Gasteiger partial charge in [0.1, 0.15) is 17.2 Å². The molecular formula is C28H26Cl2FNO5S. The van der Waals surface area contributed by atoms with Crippen LogP contribution in [0.25, 0.3) is 0 Å². The van der Waals surface area contributed by atoms with E-state index in [9.17, 15) is 17.6 Å². The molecule has 3 aromatic rings. The third kappa shape index (κ3) is 4.46. The van der Waals surface area contributed by atoms with E-state index in [1.165, 1.54) is 12.1 Å². The van der Waals surface area contributed by atoms with Gasteiger partial charge in [-0.25, -0.2) is 17.8 Å². The molecule has 0 bridgehead atoms. The van der Waals surface area contributed by atoms with Crippen LogP contribution in [-0.4, -0.2) is 26.0 Å². The number of hydrogen-bond acceptors (Lipinski definition) is 6. The summed E-state index contributed by atoms with van der Waals surface area (Å²) in [6.45, 7) is 2.04. The average molecular weight is 578 g/mol. The number of sulfone groups is 1. The predicted octanol–water partition coefficient (Wildman–Crippen LogP) is 6.31. The Hall–Kier alpha value is -2.68. The average Bonchev–Trinajstić information content (AvgIpc) is 3.30. The maximum Gasteiger partial charge on any atom is 0.309 e. The molecule has 0 saturated heterocycles. The second-order valence-corrected chi connectivity index (χ2v) is 12.5. The minimum atomic E-state index is -4.04. The van der Waals surface area contributed by atoms with Crippen LogP contribution < -0.4 is 4.74 Å². The molecule has 2 aliphatic carbocycles. The van der Waals surface area contributed by atoms with Gasteiger partial charge in [0.25, 0.3) is 0 Å². The van der Waals surface area contributed by atoms with Gasteiger partial charge in [-0.05, 0) is 80.5 Å². The highest BCUT2D eigenvalue weighted by Gasteiger charge is 2.62. The van der Waals surface area contributed by atoms with Crippen molar-refractivity contribution in [2.75, 3.05) is 6.61 Å². The fourth-order valence-electron chi connectivity index (χ4n) is 5.93. The Kier molecular flexibility index (Phi) is 7.42. The maximum absolute atomic E-state index is 14.3. The van der Waals surface area contributed by atoms with Gasteiger partial charge in [-0.3, -0.25) is 4.79 Å². The van der Waals surface area contributed by atoms with Gasteiger partial charge in [0.05, 0.1) is 17.4 Å². The molecule has 2 aliphatic rings. The Morgan fingerprint density at radius 2 is 1.79 bits per heavy atom. The number of fused-ring (bicyclic) bond motifs is 3. The van der Waals surface area contributed by atoms with Gasteiger partial charge in [-0.1, -0.05) is 35.3 Å². The molecule has 200 valence electrons. The Labute approximate surface area is 231 Å². The molecule has 0 spiro atoms. The lowest BCUT2D eigenvalue weighted by Crippen LogP contribution is -2.46. The minimum absolute atomic E-state index is 0.00921. The quantitative estimate of drug-likeness (QED) is 0.241. The second kappa shape index (κ2) is 10.5. The Morgan fingerprint density at radius 1 is 1.08 bits per heavy atom. The number of carbonyl (C=O) groups excluding carboxylic acids is 1. The van der Waals surface area contributed by atoms with E-state index in [0.717, 1.165) is 12.1 Å². The Balaban J connectivity index is 1.56. The van der Waals surface area contributed by atoms with Crippen molar-refractivity contribution in [2.24, 2.45) is 11.8 Å². The summed E-state index contributed by atoms with van der Waals surface area (Å²) in [6.07, 6.45) is 1.50. The van der Waals surface area contributed by atoms with Crippen LogP contribution in [0, 0.1) is 17.7 Å². The van der Waals surface area contributed by atoms with Gasteiger partial charge in [-0.15, -0.1) is 0 Å². The number of nitrogens with zero attached hydrogens (tertiary/aromatic N) is 1. The number of halogens is 3. The smallest absolute Gasteiger partial charge is 0.309 e. The number of rotatable bonds is 7. The van der Waals surface area contributed by atoms with E-state index in [4.69, 9.17) is 32.7 Å². The van der Waals surface area contributed by atoms with Gasteiger partial charge in [0.15, 0.2) is 9.84 Å². The molecule has 0 amide bonds. The van der Waals surface area contributed by atoms with E-state index >= 15 is 0 Å². The highest BCUT2D eigenvalue weighted by atomic mass is 35.5. The molecular weight excluding hydrogens is 552 g/mol. The monoisotopic (exact) mass is 577 g/mol. The summed E-state index contributed by atoms with van der Waals surface area (Å²) in [5.41, 5.74) is 1.77. The third-order valence-electron chi connectivity index (χ3n) is 7.63. The molecule has 0 N–H and O–H groups in total. The van der Waals surface area contributed by atoms with Gasteiger partial charge in [0.2, 0.25) is 5.88 Å². The van der Waals surface area contributed by atoms with Crippen molar-refractivity contribution >= 4 is 39.0 Å². The molecule has 5 rings (SSSR count). The van der Waals surface area contributed by atoms with Crippen molar-refractivity contribution in [3.05, 3.63) is 87.3 Å². The van der Waals surface area contributed by atoms with E-state index in [1.54, 1.807) is 37.3 Å². The van der Waals surface area contributed by atoms with Crippen LogP contribution in [0.4, 0.5) is 4.39 Å². The van der Waals surface area contributed by atoms with Gasteiger partial charge in [0, 0.05) is 27.4 Å². The zero-order valence-corrected chi connectivity index (χ0v) is 23.0. The lowest BCUT2D eigenvalue weighted by Gasteiger charge is -2.41. The molecule has 38 heavy (non-hydrogen) atoms. The van der Waals surface area contributed by atoms with Crippen LogP contribution in [0.2, 0.25) is 10.0 Å². The number of carbonyl (C=O) groups is 1. The molecule has 0 aliphatic heterocycles. The van der Waals surface area contributed by atoms with E-state index in [2.05, 4.69) is 4.98 Å². The van der Waals surface area contributed by atoms with Crippen LogP contribution in [0.1, 0.15) is 43.0 Å². The Bertz CT molecular complexity index is 1460. The maximum atomic E-state index is 14.3. The second-order valence-electron chi connectivity index (χ2n) is 9.52. The number of aromatic nitrogens is 1. The normalized spacial score (nSPS) is 22.4. The van der Waals surface area contributed by atoms with Crippen LogP contribution >= 0.6 is 23.2 Å². The molecule has 3 atom stereocenters. The topological polar surface area (TPSA) is 82.6 Å². The highest BCUT2D eigenvalue weighted by Crippen LogP contribution is 2.59. The van der Waals surface area contributed by atoms with Crippen LogP contribution in [0.5, 0.6) is 5.88 Å². The van der Waals surface area contributed by atoms with Crippen molar-refractivity contribution < 1.29 is 27.1 Å². The molecule has 1 saturated carbocycles. The van der Waals surface area contributed by atoms with Crippen LogP contribution in [0.3, 0.4) is 0 Å². The van der Waals surface area contributed by atoms with Crippen molar-refractivity contribution in [2.45, 2.75) is 48.9 Å². The lowest BCUT2D eigenvalue weighted by molar-refractivity contribution is -0.149. The fourth-order valence-corrected chi connectivity index (χ4v) is 8.89. The summed E-state index contributed by atoms with van der Waals surface area (Å²) < 4.78 is 52.1. The summed E-state index contributed by atoms with van der Waals surface area (Å²) in [5, 5.41) is 0.942. The SMILES string of the molecule is CCOC(=O)C1CCC2(S(=O)(=O)c3ccc(F)cc3)c3ccc(OCc4c(Cl)cccc4Cl)nc3CCC12. The van der Waals surface area contributed by atoms with E-state index in [-0.39, 0.29) is 30.5 Å². The first-order chi connectivity index (χ1) is 18.2. The van der Waals surface area contributed by atoms with Gasteiger partial charge < -0.3 is 9.47 Å². The Morgan fingerprint density at radius 3 is 2.47 bits per heavy atom. The molecule has 10 heteroatoms. The zero-order valence-electron chi connectivity index (χ0n) is 20.6. The summed E-state index contributed by atoms with van der Waals surface area (Å²) in [7, 11) is -4.04. The standard InChI is InChI=1S/C28H26Cl2FNO5S/c1-2-36-27(33)19-14-15-28(38(34,35)18-8-6-17(31)7-9-18)21(19)10-12-25-22(28)11-13-26(32-25)37-16-20-23(29)4-3-5-24(20)30/h3-9,11,13,19,21H,2,10,12,14-16H2,1H3. The molecule has 1 heterocycles. The number of aryl methyl sites for hydroxylation is 1. The molecule has 2 aromatic carbocycles. The molecule has 1 fully saturated rings.